The molecule has 0 bridgehead atoms. The summed E-state index contributed by atoms with van der Waals surface area (Å²) < 4.78 is 13.9. The van der Waals surface area contributed by atoms with E-state index in [1.165, 1.54) is 0 Å². The zero-order chi connectivity index (χ0) is 9.47. The van der Waals surface area contributed by atoms with Crippen LogP contribution in [0.25, 0.3) is 0 Å². The van der Waals surface area contributed by atoms with Crippen LogP contribution in [0.2, 0.25) is 10.0 Å². The Morgan fingerprint density at radius 3 is 2.15 bits per heavy atom. The maximum atomic E-state index is 13.9. The van der Waals surface area contributed by atoms with E-state index in [9.17, 15) is 4.39 Å². The summed E-state index contributed by atoms with van der Waals surface area (Å²) in [6.45, 7) is 0.576. The molecule has 70 valence electrons. The van der Waals surface area contributed by atoms with Crippen LogP contribution < -0.4 is 5.32 Å². The molecule has 1 aliphatic heterocycles. The molecule has 0 amide bonds. The van der Waals surface area contributed by atoms with Gasteiger partial charge in [0.25, 0.3) is 0 Å². The fourth-order valence-corrected chi connectivity index (χ4v) is 2.18. The van der Waals surface area contributed by atoms with Crippen LogP contribution in [-0.2, 0) is 5.67 Å². The van der Waals surface area contributed by atoms with Gasteiger partial charge in [-0.3, -0.25) is 0 Å². The Kier molecular flexibility index (Phi) is 2.22. The van der Waals surface area contributed by atoms with Gasteiger partial charge in [-0.25, -0.2) is 4.39 Å². The minimum atomic E-state index is -1.38. The summed E-state index contributed by atoms with van der Waals surface area (Å²) >= 11 is 11.7. The van der Waals surface area contributed by atoms with Crippen molar-refractivity contribution in [2.24, 2.45) is 0 Å². The van der Waals surface area contributed by atoms with Crippen molar-refractivity contribution in [1.29, 1.82) is 0 Å². The van der Waals surface area contributed by atoms with Crippen LogP contribution >= 0.6 is 23.2 Å². The molecule has 1 nitrogen and oxygen atoms in total. The van der Waals surface area contributed by atoms with Crippen molar-refractivity contribution in [3.63, 3.8) is 0 Å². The first kappa shape index (κ1) is 9.25. The van der Waals surface area contributed by atoms with E-state index in [1.54, 1.807) is 18.2 Å². The predicted octanol–water partition coefficient (Wildman–Crippen LogP) is 2.76. The van der Waals surface area contributed by atoms with Crippen molar-refractivity contribution in [3.8, 4) is 0 Å². The smallest absolute Gasteiger partial charge is 0.163 e. The van der Waals surface area contributed by atoms with Crippen LogP contribution in [0, 0.1) is 0 Å². The summed E-state index contributed by atoms with van der Waals surface area (Å²) in [6, 6.07) is 5.02. The monoisotopic (exact) mass is 219 g/mol. The molecule has 2 rings (SSSR count). The molecule has 0 aliphatic carbocycles. The molecule has 1 aliphatic rings. The van der Waals surface area contributed by atoms with Crippen molar-refractivity contribution in [1.82, 2.24) is 5.32 Å². The highest BCUT2D eigenvalue weighted by Crippen LogP contribution is 2.39. The van der Waals surface area contributed by atoms with E-state index in [1.807, 2.05) is 0 Å². The van der Waals surface area contributed by atoms with E-state index < -0.39 is 5.67 Å². The van der Waals surface area contributed by atoms with Gasteiger partial charge in [0.15, 0.2) is 5.67 Å². The van der Waals surface area contributed by atoms with Gasteiger partial charge in [-0.1, -0.05) is 29.3 Å². The second-order valence-corrected chi connectivity index (χ2v) is 3.98. The van der Waals surface area contributed by atoms with Crippen molar-refractivity contribution in [2.45, 2.75) is 5.67 Å². The van der Waals surface area contributed by atoms with Gasteiger partial charge in [0, 0.05) is 28.7 Å². The molecule has 0 radical (unpaired) electrons. The van der Waals surface area contributed by atoms with E-state index >= 15 is 0 Å². The fraction of sp³-hybridized carbons (Fsp3) is 0.333. The quantitative estimate of drug-likeness (QED) is 0.767. The number of hydrogen-bond donors (Lipinski definition) is 1. The van der Waals surface area contributed by atoms with Gasteiger partial charge in [-0.05, 0) is 12.1 Å². The Morgan fingerprint density at radius 2 is 1.77 bits per heavy atom. The summed E-state index contributed by atoms with van der Waals surface area (Å²) in [5, 5.41) is 3.66. The summed E-state index contributed by atoms with van der Waals surface area (Å²) in [7, 11) is 0. The van der Waals surface area contributed by atoms with E-state index in [0.717, 1.165) is 0 Å². The van der Waals surface area contributed by atoms with E-state index in [0.29, 0.717) is 15.6 Å². The average molecular weight is 220 g/mol. The second kappa shape index (κ2) is 3.12. The average Bonchev–Trinajstić information content (AvgIpc) is 2.01. The third-order valence-electron chi connectivity index (χ3n) is 2.22. The highest BCUT2D eigenvalue weighted by atomic mass is 35.5. The van der Waals surface area contributed by atoms with Gasteiger partial charge in [0.2, 0.25) is 0 Å². The minimum absolute atomic E-state index is 0.288. The zero-order valence-electron chi connectivity index (χ0n) is 6.78. The number of alkyl halides is 1. The Labute approximate surface area is 85.8 Å². The van der Waals surface area contributed by atoms with Crippen molar-refractivity contribution >= 4 is 23.2 Å². The molecular formula is C9H8Cl2FN. The third kappa shape index (κ3) is 1.43. The first-order valence-electron chi connectivity index (χ1n) is 3.98. The number of nitrogens with one attached hydrogen (secondary N) is 1. The Morgan fingerprint density at radius 1 is 1.23 bits per heavy atom. The zero-order valence-corrected chi connectivity index (χ0v) is 8.29. The maximum Gasteiger partial charge on any atom is 0.163 e. The van der Waals surface area contributed by atoms with Crippen LogP contribution in [0.5, 0.6) is 0 Å². The van der Waals surface area contributed by atoms with Gasteiger partial charge < -0.3 is 5.32 Å². The molecule has 4 heteroatoms. The van der Waals surface area contributed by atoms with Crippen LogP contribution in [-0.4, -0.2) is 13.1 Å². The molecule has 0 spiro atoms. The molecule has 0 saturated carbocycles. The van der Waals surface area contributed by atoms with Crippen molar-refractivity contribution < 1.29 is 4.39 Å². The lowest BCUT2D eigenvalue weighted by atomic mass is 9.90. The van der Waals surface area contributed by atoms with Gasteiger partial charge in [0.1, 0.15) is 0 Å². The van der Waals surface area contributed by atoms with Gasteiger partial charge in [0.05, 0.1) is 0 Å². The van der Waals surface area contributed by atoms with Gasteiger partial charge in [-0.2, -0.15) is 0 Å². The van der Waals surface area contributed by atoms with Crippen LogP contribution in [0.3, 0.4) is 0 Å². The first-order valence-corrected chi connectivity index (χ1v) is 4.73. The van der Waals surface area contributed by atoms with Crippen molar-refractivity contribution in [2.75, 3.05) is 13.1 Å². The minimum Gasteiger partial charge on any atom is -0.310 e. The van der Waals surface area contributed by atoms with Gasteiger partial charge >= 0.3 is 0 Å². The number of rotatable bonds is 1. The third-order valence-corrected chi connectivity index (χ3v) is 2.85. The Balaban J connectivity index is 2.49. The van der Waals surface area contributed by atoms with Crippen molar-refractivity contribution in [3.05, 3.63) is 33.8 Å². The van der Waals surface area contributed by atoms with E-state index in [4.69, 9.17) is 23.2 Å². The summed E-state index contributed by atoms with van der Waals surface area (Å²) in [6.07, 6.45) is 0. The maximum absolute atomic E-state index is 13.9. The van der Waals surface area contributed by atoms with E-state index in [-0.39, 0.29) is 13.1 Å². The van der Waals surface area contributed by atoms with E-state index in [2.05, 4.69) is 5.32 Å². The molecule has 13 heavy (non-hydrogen) atoms. The molecule has 0 aromatic heterocycles. The molecule has 1 aromatic rings. The number of benzene rings is 1. The predicted molar refractivity (Wildman–Crippen MR) is 52.1 cm³/mol. The highest BCUT2D eigenvalue weighted by Gasteiger charge is 2.41. The topological polar surface area (TPSA) is 12.0 Å². The van der Waals surface area contributed by atoms with Crippen LogP contribution in [0.1, 0.15) is 5.56 Å². The lowest BCUT2D eigenvalue weighted by Crippen LogP contribution is -2.54. The second-order valence-electron chi connectivity index (χ2n) is 3.17. The lowest BCUT2D eigenvalue weighted by Gasteiger charge is -2.36. The van der Waals surface area contributed by atoms with Crippen LogP contribution in [0.15, 0.2) is 18.2 Å². The molecule has 1 aromatic carbocycles. The molecule has 0 atom stereocenters. The molecule has 1 fully saturated rings. The lowest BCUT2D eigenvalue weighted by molar-refractivity contribution is 0.0894. The molecule has 1 N–H and O–H groups in total. The SMILES string of the molecule is FC1(c2c(Cl)cccc2Cl)CNC1. The molecule has 1 saturated heterocycles. The van der Waals surface area contributed by atoms with Gasteiger partial charge in [-0.15, -0.1) is 0 Å². The normalized spacial score (nSPS) is 19.6. The summed E-state index contributed by atoms with van der Waals surface area (Å²) in [4.78, 5) is 0. The van der Waals surface area contributed by atoms with Crippen LogP contribution in [0.4, 0.5) is 4.39 Å². The number of hydrogen-bond acceptors (Lipinski definition) is 1. The summed E-state index contributed by atoms with van der Waals surface area (Å²) in [5.74, 6) is 0. The largest absolute Gasteiger partial charge is 0.310 e. The number of halogens is 3. The Hall–Kier alpha value is -0.310. The molecule has 0 unspecified atom stereocenters. The Bertz CT molecular complexity index is 316. The molecule has 1 heterocycles. The summed E-state index contributed by atoms with van der Waals surface area (Å²) in [5.41, 5.74) is -0.966. The highest BCUT2D eigenvalue weighted by molar-refractivity contribution is 6.36. The molecular weight excluding hydrogens is 212 g/mol. The standard InChI is InChI=1S/C9H8Cl2FN/c10-6-2-1-3-7(11)8(6)9(12)4-13-5-9/h1-3,13H,4-5H2. The first-order chi connectivity index (χ1) is 6.13. The fourth-order valence-electron chi connectivity index (χ4n) is 1.45.